The molecule has 2 aromatic carbocycles. The highest BCUT2D eigenvalue weighted by atomic mass is 16.4. The predicted octanol–water partition coefficient (Wildman–Crippen LogP) is 2.18. The van der Waals surface area contributed by atoms with E-state index >= 15 is 0 Å². The Kier molecular flexibility index (Phi) is 4.13. The normalized spacial score (nSPS) is 11.6. The van der Waals surface area contributed by atoms with Crippen molar-refractivity contribution in [3.63, 3.8) is 0 Å². The molecule has 112 valence electrons. The smallest absolute Gasteiger partial charge is 0.337 e. The number of rotatable bonds is 4. The van der Waals surface area contributed by atoms with Crippen LogP contribution in [0.1, 0.15) is 11.1 Å². The van der Waals surface area contributed by atoms with Gasteiger partial charge in [-0.15, -0.1) is 0 Å². The fourth-order valence-electron chi connectivity index (χ4n) is 2.01. The third kappa shape index (κ3) is 3.06. The molecule has 0 saturated heterocycles. The quantitative estimate of drug-likeness (QED) is 0.508. The minimum Gasteiger partial charge on any atom is -0.508 e. The molecule has 4 N–H and O–H groups in total. The van der Waals surface area contributed by atoms with Crippen molar-refractivity contribution in [2.45, 2.75) is 0 Å². The van der Waals surface area contributed by atoms with Gasteiger partial charge in [0.25, 0.3) is 0 Å². The van der Waals surface area contributed by atoms with E-state index in [9.17, 15) is 30.0 Å². The monoisotopic (exact) mass is 300 g/mol. The first-order chi connectivity index (χ1) is 10.4. The Morgan fingerprint density at radius 2 is 0.864 bits per heavy atom. The van der Waals surface area contributed by atoms with Crippen LogP contribution in [0.3, 0.4) is 0 Å². The van der Waals surface area contributed by atoms with Crippen LogP contribution in [0.4, 0.5) is 0 Å². The van der Waals surface area contributed by atoms with E-state index in [1.165, 1.54) is 48.5 Å². The van der Waals surface area contributed by atoms with E-state index in [1.807, 2.05) is 0 Å². The van der Waals surface area contributed by atoms with E-state index in [-0.39, 0.29) is 22.6 Å². The summed E-state index contributed by atoms with van der Waals surface area (Å²) in [6.07, 6.45) is 0. The van der Waals surface area contributed by atoms with E-state index in [4.69, 9.17) is 0 Å². The number of carboxylic acids is 2. The second kappa shape index (κ2) is 6.01. The van der Waals surface area contributed by atoms with E-state index < -0.39 is 23.1 Å². The molecule has 0 aliphatic rings. The maximum absolute atomic E-state index is 11.5. The van der Waals surface area contributed by atoms with Crippen LogP contribution >= 0.6 is 0 Å². The van der Waals surface area contributed by atoms with Crippen LogP contribution in [0.5, 0.6) is 11.5 Å². The number of aromatic hydroxyl groups is 2. The van der Waals surface area contributed by atoms with Gasteiger partial charge in [0, 0.05) is 0 Å². The molecule has 6 nitrogen and oxygen atoms in total. The maximum Gasteiger partial charge on any atom is 0.337 e. The van der Waals surface area contributed by atoms with Gasteiger partial charge in [-0.1, -0.05) is 24.3 Å². The first kappa shape index (κ1) is 15.1. The summed E-state index contributed by atoms with van der Waals surface area (Å²) < 4.78 is 0. The molecule has 0 bridgehead atoms. The maximum atomic E-state index is 11.5. The third-order valence-corrected chi connectivity index (χ3v) is 2.99. The van der Waals surface area contributed by atoms with Crippen molar-refractivity contribution < 1.29 is 30.0 Å². The van der Waals surface area contributed by atoms with Gasteiger partial charge in [0.1, 0.15) is 11.5 Å². The van der Waals surface area contributed by atoms with Crippen LogP contribution in [0.2, 0.25) is 0 Å². The molecule has 6 heteroatoms. The molecule has 0 amide bonds. The molecule has 0 aliphatic carbocycles. The fourth-order valence-corrected chi connectivity index (χ4v) is 2.01. The van der Waals surface area contributed by atoms with Gasteiger partial charge < -0.3 is 20.4 Å². The Bertz CT molecular complexity index is 676. The van der Waals surface area contributed by atoms with Gasteiger partial charge in [0.2, 0.25) is 0 Å². The minimum atomic E-state index is -1.41. The van der Waals surface area contributed by atoms with E-state index in [0.29, 0.717) is 0 Å². The van der Waals surface area contributed by atoms with Gasteiger partial charge in [-0.05, 0) is 35.4 Å². The Hall–Kier alpha value is -3.28. The van der Waals surface area contributed by atoms with Crippen LogP contribution in [0, 0.1) is 0 Å². The topological polar surface area (TPSA) is 115 Å². The van der Waals surface area contributed by atoms with Gasteiger partial charge in [0.05, 0.1) is 11.1 Å². The summed E-state index contributed by atoms with van der Waals surface area (Å²) in [6.45, 7) is 0. The lowest BCUT2D eigenvalue weighted by atomic mass is 9.94. The van der Waals surface area contributed by atoms with Crippen LogP contribution in [-0.2, 0) is 9.59 Å². The Morgan fingerprint density at radius 1 is 0.591 bits per heavy atom. The summed E-state index contributed by atoms with van der Waals surface area (Å²) in [5, 5.41) is 37.3. The summed E-state index contributed by atoms with van der Waals surface area (Å²) in [6, 6.07) is 10.4. The Labute approximate surface area is 125 Å². The fraction of sp³-hybridized carbons (Fsp3) is 0. The molecule has 2 aromatic rings. The molecular weight excluding hydrogens is 288 g/mol. The zero-order chi connectivity index (χ0) is 16.3. The number of hydrogen-bond acceptors (Lipinski definition) is 4. The molecular formula is C16H12O6. The Morgan fingerprint density at radius 3 is 1.09 bits per heavy atom. The number of aliphatic carboxylic acids is 2. The number of carboxylic acid groups (broad SMARTS) is 2. The molecule has 0 radical (unpaired) electrons. The summed E-state index contributed by atoms with van der Waals surface area (Å²) in [7, 11) is 0. The third-order valence-electron chi connectivity index (χ3n) is 2.99. The summed E-state index contributed by atoms with van der Waals surface area (Å²) in [5.74, 6) is -2.93. The summed E-state index contributed by atoms with van der Waals surface area (Å²) >= 11 is 0. The summed E-state index contributed by atoms with van der Waals surface area (Å²) in [5.41, 5.74) is -0.511. The van der Waals surface area contributed by atoms with Crippen LogP contribution in [0.15, 0.2) is 48.5 Å². The highest BCUT2D eigenvalue weighted by Crippen LogP contribution is 2.29. The van der Waals surface area contributed by atoms with Gasteiger partial charge in [0.15, 0.2) is 0 Å². The molecule has 0 atom stereocenters. The molecule has 2 rings (SSSR count). The van der Waals surface area contributed by atoms with E-state index in [1.54, 1.807) is 0 Å². The highest BCUT2D eigenvalue weighted by molar-refractivity contribution is 6.36. The minimum absolute atomic E-state index is 0.0602. The second-order valence-electron chi connectivity index (χ2n) is 4.45. The lowest BCUT2D eigenvalue weighted by molar-refractivity contribution is -0.132. The van der Waals surface area contributed by atoms with Crippen molar-refractivity contribution in [2.75, 3.05) is 0 Å². The highest BCUT2D eigenvalue weighted by Gasteiger charge is 2.23. The Balaban J connectivity index is 2.73. The molecule has 0 fully saturated rings. The van der Waals surface area contributed by atoms with E-state index in [2.05, 4.69) is 0 Å². The molecule has 0 heterocycles. The zero-order valence-electron chi connectivity index (χ0n) is 11.2. The van der Waals surface area contributed by atoms with Crippen LogP contribution in [0.25, 0.3) is 11.1 Å². The first-order valence-corrected chi connectivity index (χ1v) is 6.20. The number of phenolic OH excluding ortho intramolecular Hbond substituents is 2. The van der Waals surface area contributed by atoms with Crippen LogP contribution < -0.4 is 0 Å². The lowest BCUT2D eigenvalue weighted by Crippen LogP contribution is -2.10. The van der Waals surface area contributed by atoms with Gasteiger partial charge in [-0.25, -0.2) is 9.59 Å². The first-order valence-electron chi connectivity index (χ1n) is 6.20. The number of carbonyl (C=O) groups is 2. The summed E-state index contributed by atoms with van der Waals surface area (Å²) in [4.78, 5) is 23.1. The van der Waals surface area contributed by atoms with Crippen molar-refractivity contribution >= 4 is 23.1 Å². The molecule has 22 heavy (non-hydrogen) atoms. The molecule has 0 spiro atoms. The molecule has 0 aromatic heterocycles. The molecule has 0 unspecified atom stereocenters. The second-order valence-corrected chi connectivity index (χ2v) is 4.45. The number of phenols is 2. The molecule has 0 saturated carbocycles. The van der Waals surface area contributed by atoms with Gasteiger partial charge in [-0.3, -0.25) is 0 Å². The zero-order valence-corrected chi connectivity index (χ0v) is 11.2. The van der Waals surface area contributed by atoms with Crippen molar-refractivity contribution in [2.24, 2.45) is 0 Å². The number of benzene rings is 2. The van der Waals surface area contributed by atoms with Crippen molar-refractivity contribution in [3.05, 3.63) is 59.7 Å². The van der Waals surface area contributed by atoms with Crippen molar-refractivity contribution in [1.82, 2.24) is 0 Å². The van der Waals surface area contributed by atoms with Crippen molar-refractivity contribution in [1.29, 1.82) is 0 Å². The number of hydrogen-bond donors (Lipinski definition) is 4. The predicted molar refractivity (Wildman–Crippen MR) is 78.3 cm³/mol. The van der Waals surface area contributed by atoms with Gasteiger partial charge in [-0.2, -0.15) is 0 Å². The van der Waals surface area contributed by atoms with Gasteiger partial charge >= 0.3 is 11.9 Å². The SMILES string of the molecule is O=C(O)/C(=C(/C(=O)O)c1ccc(O)cc1)c1ccc(O)cc1. The average Bonchev–Trinajstić information content (AvgIpc) is 2.46. The van der Waals surface area contributed by atoms with E-state index in [0.717, 1.165) is 0 Å². The van der Waals surface area contributed by atoms with Crippen LogP contribution in [-0.4, -0.2) is 32.4 Å². The molecule has 0 aliphatic heterocycles. The largest absolute Gasteiger partial charge is 0.508 e. The standard InChI is InChI=1S/C16H12O6/c17-11-5-1-9(2-6-11)13(15(19)20)14(16(21)22)10-3-7-12(18)8-4-10/h1-8,17-18H,(H,19,20)(H,21,22)/b14-13+. The average molecular weight is 300 g/mol. The van der Waals surface area contributed by atoms with Crippen molar-refractivity contribution in [3.8, 4) is 11.5 Å². The lowest BCUT2D eigenvalue weighted by Gasteiger charge is -2.10.